The molecule has 5 heteroatoms. The maximum absolute atomic E-state index is 4.51. The number of hydrogen-bond donors (Lipinski definition) is 1. The Hall–Kier alpha value is -2.71. The molecule has 0 fully saturated rings. The van der Waals surface area contributed by atoms with E-state index in [9.17, 15) is 0 Å². The number of nitrogens with one attached hydrogen (secondary N) is 1. The number of hydrogen-bond acceptors (Lipinski definition) is 5. The molecule has 1 N–H and O–H groups in total. The molecular formula is C16H12N4S. The lowest BCUT2D eigenvalue weighted by Crippen LogP contribution is -1.93. The molecule has 4 nitrogen and oxygen atoms in total. The zero-order valence-electron chi connectivity index (χ0n) is 11.4. The summed E-state index contributed by atoms with van der Waals surface area (Å²) in [4.78, 5) is 12.8. The summed E-state index contributed by atoms with van der Waals surface area (Å²) in [6.45, 7) is 0. The van der Waals surface area contributed by atoms with Crippen LogP contribution in [-0.4, -0.2) is 22.0 Å². The summed E-state index contributed by atoms with van der Waals surface area (Å²) < 4.78 is 1.18. The van der Waals surface area contributed by atoms with Gasteiger partial charge in [0.15, 0.2) is 0 Å². The predicted octanol–water partition coefficient (Wildman–Crippen LogP) is 3.19. The molecule has 0 bridgehead atoms. The van der Waals surface area contributed by atoms with Crippen molar-refractivity contribution in [3.05, 3.63) is 53.4 Å². The van der Waals surface area contributed by atoms with Gasteiger partial charge in [0, 0.05) is 7.05 Å². The van der Waals surface area contributed by atoms with Gasteiger partial charge in [0.25, 0.3) is 0 Å². The average molecular weight is 292 g/mol. The summed E-state index contributed by atoms with van der Waals surface area (Å²) >= 11 is 1.65. The highest BCUT2D eigenvalue weighted by molar-refractivity contribution is 7.19. The molecule has 0 saturated heterocycles. The molecule has 0 saturated carbocycles. The smallest absolute Gasteiger partial charge is 0.144 e. The normalized spacial score (nSPS) is 10.5. The summed E-state index contributed by atoms with van der Waals surface area (Å²) in [5, 5.41) is 3.86. The van der Waals surface area contributed by atoms with Crippen molar-refractivity contribution >= 4 is 33.4 Å². The lowest BCUT2D eigenvalue weighted by Gasteiger charge is -1.95. The number of allylic oxidation sites excluding steroid dienone is 1. The first-order chi connectivity index (χ1) is 10.3. The van der Waals surface area contributed by atoms with E-state index < -0.39 is 0 Å². The first kappa shape index (κ1) is 13.3. The Morgan fingerprint density at radius 1 is 1.19 bits per heavy atom. The van der Waals surface area contributed by atoms with Crippen molar-refractivity contribution in [1.29, 1.82) is 0 Å². The Morgan fingerprint density at radius 2 is 2.10 bits per heavy atom. The molecule has 3 rings (SSSR count). The van der Waals surface area contributed by atoms with Crippen LogP contribution in [-0.2, 0) is 0 Å². The van der Waals surface area contributed by atoms with Crippen molar-refractivity contribution in [2.45, 2.75) is 0 Å². The third kappa shape index (κ3) is 3.25. The second kappa shape index (κ2) is 6.16. The van der Waals surface area contributed by atoms with Crippen LogP contribution in [0.25, 0.3) is 16.3 Å². The van der Waals surface area contributed by atoms with Gasteiger partial charge in [0.2, 0.25) is 0 Å². The molecule has 0 aliphatic heterocycles. The Bertz CT molecular complexity index is 805. The Balaban J connectivity index is 1.73. The second-order valence-electron chi connectivity index (χ2n) is 4.16. The fourth-order valence-corrected chi connectivity index (χ4v) is 2.58. The van der Waals surface area contributed by atoms with Crippen molar-refractivity contribution in [1.82, 2.24) is 15.0 Å². The lowest BCUT2D eigenvalue weighted by molar-refractivity contribution is 1.16. The molecule has 0 spiro atoms. The highest BCUT2D eigenvalue weighted by Crippen LogP contribution is 2.22. The molecule has 0 amide bonds. The predicted molar refractivity (Wildman–Crippen MR) is 87.1 cm³/mol. The van der Waals surface area contributed by atoms with E-state index >= 15 is 0 Å². The number of aromatic nitrogens is 3. The Kier molecular flexibility index (Phi) is 3.90. The van der Waals surface area contributed by atoms with Crippen molar-refractivity contribution in [2.24, 2.45) is 0 Å². The van der Waals surface area contributed by atoms with Gasteiger partial charge in [-0.3, -0.25) is 0 Å². The standard InChI is InChI=1S/C16H12N4S/c1-17-15-11-18-12(10-19-15)6-2-5-9-16-20-13-7-3-4-8-14(13)21-16/h3-5,7-11H,1H3,(H,17,19). The van der Waals surface area contributed by atoms with Gasteiger partial charge in [-0.1, -0.05) is 18.1 Å². The molecule has 21 heavy (non-hydrogen) atoms. The van der Waals surface area contributed by atoms with Crippen LogP contribution in [0.3, 0.4) is 0 Å². The van der Waals surface area contributed by atoms with Gasteiger partial charge in [-0.05, 0) is 30.2 Å². The molecule has 1 aromatic carbocycles. The molecule has 0 aliphatic rings. The topological polar surface area (TPSA) is 50.7 Å². The number of fused-ring (bicyclic) bond motifs is 1. The quantitative estimate of drug-likeness (QED) is 0.737. The van der Waals surface area contributed by atoms with E-state index in [-0.39, 0.29) is 0 Å². The van der Waals surface area contributed by atoms with E-state index in [1.54, 1.807) is 36.9 Å². The Labute approximate surface area is 126 Å². The van der Waals surface area contributed by atoms with Gasteiger partial charge in [-0.25, -0.2) is 15.0 Å². The van der Waals surface area contributed by atoms with Gasteiger partial charge in [-0.2, -0.15) is 0 Å². The SMILES string of the molecule is CNc1cnc(C#CC=Cc2nc3ccccc3s2)cn1. The zero-order chi connectivity index (χ0) is 14.5. The maximum Gasteiger partial charge on any atom is 0.144 e. The van der Waals surface area contributed by atoms with Gasteiger partial charge in [-0.15, -0.1) is 11.3 Å². The van der Waals surface area contributed by atoms with Crippen LogP contribution in [0.15, 0.2) is 42.7 Å². The zero-order valence-corrected chi connectivity index (χ0v) is 12.2. The van der Waals surface area contributed by atoms with E-state index in [0.717, 1.165) is 16.3 Å². The van der Waals surface area contributed by atoms with E-state index in [1.807, 2.05) is 24.3 Å². The van der Waals surface area contributed by atoms with Gasteiger partial charge < -0.3 is 5.32 Å². The average Bonchev–Trinajstić information content (AvgIpc) is 2.95. The highest BCUT2D eigenvalue weighted by atomic mass is 32.1. The second-order valence-corrected chi connectivity index (χ2v) is 5.22. The van der Waals surface area contributed by atoms with E-state index in [0.29, 0.717) is 5.69 Å². The number of thiazole rings is 1. The summed E-state index contributed by atoms with van der Waals surface area (Å²) in [6, 6.07) is 8.08. The summed E-state index contributed by atoms with van der Waals surface area (Å²) in [5.41, 5.74) is 1.66. The third-order valence-corrected chi connectivity index (χ3v) is 3.73. The summed E-state index contributed by atoms with van der Waals surface area (Å²) in [7, 11) is 1.80. The van der Waals surface area contributed by atoms with Gasteiger partial charge in [0.05, 0.1) is 22.6 Å². The minimum absolute atomic E-state index is 0.642. The molecule has 102 valence electrons. The fourth-order valence-electron chi connectivity index (χ4n) is 1.71. The monoisotopic (exact) mass is 292 g/mol. The van der Waals surface area contributed by atoms with Crippen LogP contribution in [0, 0.1) is 11.8 Å². The molecule has 2 aromatic heterocycles. The van der Waals surface area contributed by atoms with Crippen LogP contribution >= 0.6 is 11.3 Å². The number of para-hydroxylation sites is 1. The molecule has 0 radical (unpaired) electrons. The van der Waals surface area contributed by atoms with Crippen LogP contribution in [0.5, 0.6) is 0 Å². The van der Waals surface area contributed by atoms with Crippen LogP contribution in [0.4, 0.5) is 5.82 Å². The molecular weight excluding hydrogens is 280 g/mol. The number of benzene rings is 1. The maximum atomic E-state index is 4.51. The van der Waals surface area contributed by atoms with Crippen LogP contribution < -0.4 is 5.32 Å². The molecule has 0 aliphatic carbocycles. The molecule has 3 aromatic rings. The summed E-state index contributed by atoms with van der Waals surface area (Å²) in [6.07, 6.45) is 6.99. The van der Waals surface area contributed by atoms with Crippen molar-refractivity contribution in [2.75, 3.05) is 12.4 Å². The van der Waals surface area contributed by atoms with Crippen molar-refractivity contribution in [3.63, 3.8) is 0 Å². The van der Waals surface area contributed by atoms with E-state index in [1.165, 1.54) is 4.70 Å². The molecule has 2 heterocycles. The van der Waals surface area contributed by atoms with Crippen LogP contribution in [0.2, 0.25) is 0 Å². The van der Waals surface area contributed by atoms with Crippen molar-refractivity contribution in [3.8, 4) is 11.8 Å². The van der Waals surface area contributed by atoms with Gasteiger partial charge in [0.1, 0.15) is 16.5 Å². The molecule has 0 atom stereocenters. The van der Waals surface area contributed by atoms with E-state index in [2.05, 4.69) is 38.2 Å². The minimum Gasteiger partial charge on any atom is -0.372 e. The molecule has 0 unspecified atom stereocenters. The van der Waals surface area contributed by atoms with Crippen LogP contribution in [0.1, 0.15) is 10.7 Å². The largest absolute Gasteiger partial charge is 0.372 e. The highest BCUT2D eigenvalue weighted by Gasteiger charge is 1.98. The third-order valence-electron chi connectivity index (χ3n) is 2.73. The fraction of sp³-hybridized carbons (Fsp3) is 0.0625. The minimum atomic E-state index is 0.642. The van der Waals surface area contributed by atoms with E-state index in [4.69, 9.17) is 0 Å². The first-order valence-electron chi connectivity index (χ1n) is 6.38. The lowest BCUT2D eigenvalue weighted by atomic mass is 10.3. The van der Waals surface area contributed by atoms with Crippen molar-refractivity contribution < 1.29 is 0 Å². The number of anilines is 1. The van der Waals surface area contributed by atoms with Gasteiger partial charge >= 0.3 is 0 Å². The summed E-state index contributed by atoms with van der Waals surface area (Å²) in [5.74, 6) is 6.61. The number of nitrogens with zero attached hydrogens (tertiary/aromatic N) is 3. The Morgan fingerprint density at radius 3 is 2.86 bits per heavy atom. The number of rotatable bonds is 2. The first-order valence-corrected chi connectivity index (χ1v) is 7.20.